The van der Waals surface area contributed by atoms with Crippen LogP contribution in [0.2, 0.25) is 0 Å². The molecule has 2 aromatic carbocycles. The summed E-state index contributed by atoms with van der Waals surface area (Å²) >= 11 is 1.59. The summed E-state index contributed by atoms with van der Waals surface area (Å²) in [6.07, 6.45) is 1.89. The van der Waals surface area contributed by atoms with E-state index in [2.05, 4.69) is 5.32 Å². The van der Waals surface area contributed by atoms with E-state index < -0.39 is 0 Å². The molecule has 0 aliphatic carbocycles. The molecule has 4 rings (SSSR count). The van der Waals surface area contributed by atoms with Crippen LogP contribution in [-0.4, -0.2) is 18.4 Å². The van der Waals surface area contributed by atoms with Gasteiger partial charge in [0.1, 0.15) is 12.3 Å². The Morgan fingerprint density at radius 3 is 2.57 bits per heavy atom. The van der Waals surface area contributed by atoms with Crippen LogP contribution >= 0.6 is 11.8 Å². The number of anilines is 2. The lowest BCUT2D eigenvalue weighted by atomic mass is 10.1. The number of fused-ring (bicyclic) bond motifs is 1. The minimum absolute atomic E-state index is 0.0337. The van der Waals surface area contributed by atoms with Gasteiger partial charge in [0.2, 0.25) is 11.8 Å². The van der Waals surface area contributed by atoms with Gasteiger partial charge in [-0.15, -0.1) is 11.8 Å². The number of carbonyl (C=O) groups is 2. The Morgan fingerprint density at radius 1 is 1.13 bits per heavy atom. The van der Waals surface area contributed by atoms with Crippen LogP contribution in [0.15, 0.2) is 64.1 Å². The fraction of sp³-hybridized carbons (Fsp3) is 0.250. The number of aryl methyl sites for hydroxylation is 3. The minimum Gasteiger partial charge on any atom is -0.468 e. The van der Waals surface area contributed by atoms with Gasteiger partial charge in [-0.05, 0) is 56.2 Å². The monoisotopic (exact) mass is 420 g/mol. The average molecular weight is 421 g/mol. The molecule has 1 atom stereocenters. The SMILES string of the molecule is Cc1cc(C)c(NC(=O)CN2C(=O)C[C@H](c3ccco3)Sc3ccccc32)c(C)c1. The highest BCUT2D eigenvalue weighted by Gasteiger charge is 2.31. The molecule has 30 heavy (non-hydrogen) atoms. The van der Waals surface area contributed by atoms with Gasteiger partial charge < -0.3 is 14.6 Å². The maximum atomic E-state index is 13.1. The van der Waals surface area contributed by atoms with Gasteiger partial charge in [-0.2, -0.15) is 0 Å². The molecule has 0 bridgehead atoms. The number of amides is 2. The van der Waals surface area contributed by atoms with E-state index in [9.17, 15) is 9.59 Å². The molecule has 0 fully saturated rings. The summed E-state index contributed by atoms with van der Waals surface area (Å²) in [6, 6.07) is 15.5. The second-order valence-electron chi connectivity index (χ2n) is 7.60. The van der Waals surface area contributed by atoms with Crippen molar-refractivity contribution in [1.29, 1.82) is 0 Å². The van der Waals surface area contributed by atoms with Gasteiger partial charge >= 0.3 is 0 Å². The first kappa shape index (κ1) is 20.3. The van der Waals surface area contributed by atoms with Crippen LogP contribution in [-0.2, 0) is 9.59 Å². The zero-order valence-electron chi connectivity index (χ0n) is 17.3. The second kappa shape index (κ2) is 8.40. The molecule has 2 amide bonds. The van der Waals surface area contributed by atoms with Crippen LogP contribution in [0.1, 0.15) is 34.1 Å². The first-order valence-corrected chi connectivity index (χ1v) is 10.8. The summed E-state index contributed by atoms with van der Waals surface area (Å²) in [4.78, 5) is 28.6. The number of para-hydroxylation sites is 1. The third-order valence-electron chi connectivity index (χ3n) is 5.19. The summed E-state index contributed by atoms with van der Waals surface area (Å²) in [6.45, 7) is 5.96. The molecule has 0 saturated heterocycles. The van der Waals surface area contributed by atoms with E-state index in [1.165, 1.54) is 0 Å². The van der Waals surface area contributed by atoms with Crippen molar-refractivity contribution in [2.24, 2.45) is 0 Å². The maximum absolute atomic E-state index is 13.1. The quantitative estimate of drug-likeness (QED) is 0.613. The summed E-state index contributed by atoms with van der Waals surface area (Å²) in [5.41, 5.74) is 4.74. The van der Waals surface area contributed by atoms with Crippen molar-refractivity contribution in [2.45, 2.75) is 37.3 Å². The van der Waals surface area contributed by atoms with Gasteiger partial charge in [0.15, 0.2) is 0 Å². The Balaban J connectivity index is 1.59. The second-order valence-corrected chi connectivity index (χ2v) is 8.84. The number of furan rings is 1. The Hall–Kier alpha value is -2.99. The Kier molecular flexibility index (Phi) is 5.68. The van der Waals surface area contributed by atoms with Crippen LogP contribution in [0.4, 0.5) is 11.4 Å². The van der Waals surface area contributed by atoms with E-state index >= 15 is 0 Å². The Labute approximate surface area is 180 Å². The molecule has 154 valence electrons. The number of hydrogen-bond donors (Lipinski definition) is 1. The van der Waals surface area contributed by atoms with Crippen molar-refractivity contribution in [2.75, 3.05) is 16.8 Å². The number of nitrogens with one attached hydrogen (secondary N) is 1. The van der Waals surface area contributed by atoms with Gasteiger partial charge in [0.25, 0.3) is 0 Å². The number of benzene rings is 2. The van der Waals surface area contributed by atoms with E-state index in [1.807, 2.05) is 69.3 Å². The zero-order chi connectivity index (χ0) is 21.3. The molecule has 1 N–H and O–H groups in total. The summed E-state index contributed by atoms with van der Waals surface area (Å²) < 4.78 is 5.55. The number of carbonyl (C=O) groups excluding carboxylic acids is 2. The molecule has 1 aromatic heterocycles. The van der Waals surface area contributed by atoms with Gasteiger partial charge in [0, 0.05) is 17.0 Å². The lowest BCUT2D eigenvalue weighted by Crippen LogP contribution is -2.38. The predicted molar refractivity (Wildman–Crippen MR) is 120 cm³/mol. The molecule has 2 heterocycles. The van der Waals surface area contributed by atoms with Crippen molar-refractivity contribution < 1.29 is 14.0 Å². The fourth-order valence-electron chi connectivity index (χ4n) is 3.88. The van der Waals surface area contributed by atoms with Gasteiger partial charge in [-0.25, -0.2) is 0 Å². The van der Waals surface area contributed by atoms with Crippen molar-refractivity contribution in [3.05, 3.63) is 77.2 Å². The third kappa shape index (κ3) is 4.14. The molecule has 0 spiro atoms. The first-order chi connectivity index (χ1) is 14.4. The highest BCUT2D eigenvalue weighted by Crippen LogP contribution is 2.45. The minimum atomic E-state index is -0.213. The highest BCUT2D eigenvalue weighted by atomic mass is 32.2. The van der Waals surface area contributed by atoms with Crippen molar-refractivity contribution in [1.82, 2.24) is 0 Å². The Morgan fingerprint density at radius 2 is 1.87 bits per heavy atom. The largest absolute Gasteiger partial charge is 0.468 e. The van der Waals surface area contributed by atoms with Crippen LogP contribution in [0.5, 0.6) is 0 Å². The van der Waals surface area contributed by atoms with Crippen molar-refractivity contribution in [3.63, 3.8) is 0 Å². The zero-order valence-corrected chi connectivity index (χ0v) is 18.1. The molecular formula is C24H24N2O3S. The molecule has 1 aliphatic heterocycles. The van der Waals surface area contributed by atoms with E-state index in [0.717, 1.165) is 38.7 Å². The predicted octanol–water partition coefficient (Wildman–Crippen LogP) is 5.41. The molecule has 0 saturated carbocycles. The molecule has 0 radical (unpaired) electrons. The molecule has 0 unspecified atom stereocenters. The molecule has 6 heteroatoms. The molecule has 3 aromatic rings. The molecular weight excluding hydrogens is 396 g/mol. The van der Waals surface area contributed by atoms with Crippen molar-refractivity contribution >= 4 is 35.0 Å². The van der Waals surface area contributed by atoms with Gasteiger partial charge in [-0.1, -0.05) is 29.8 Å². The molecule has 1 aliphatic rings. The maximum Gasteiger partial charge on any atom is 0.244 e. The lowest BCUT2D eigenvalue weighted by molar-refractivity contribution is -0.121. The summed E-state index contributed by atoms with van der Waals surface area (Å²) in [5, 5.41) is 2.88. The average Bonchev–Trinajstić information content (AvgIpc) is 3.19. The fourth-order valence-corrected chi connectivity index (χ4v) is 5.12. The van der Waals surface area contributed by atoms with E-state index in [-0.39, 0.29) is 30.0 Å². The van der Waals surface area contributed by atoms with Crippen LogP contribution in [0.3, 0.4) is 0 Å². The smallest absolute Gasteiger partial charge is 0.244 e. The van der Waals surface area contributed by atoms with E-state index in [1.54, 1.807) is 22.9 Å². The van der Waals surface area contributed by atoms with E-state index in [0.29, 0.717) is 0 Å². The number of nitrogens with zero attached hydrogens (tertiary/aromatic N) is 1. The number of thioether (sulfide) groups is 1. The van der Waals surface area contributed by atoms with E-state index in [4.69, 9.17) is 4.42 Å². The number of hydrogen-bond acceptors (Lipinski definition) is 4. The Bertz CT molecular complexity index is 1070. The summed E-state index contributed by atoms with van der Waals surface area (Å²) in [5.74, 6) is 0.455. The molecule has 5 nitrogen and oxygen atoms in total. The topological polar surface area (TPSA) is 62.6 Å². The van der Waals surface area contributed by atoms with Crippen LogP contribution in [0, 0.1) is 20.8 Å². The third-order valence-corrected chi connectivity index (χ3v) is 6.47. The van der Waals surface area contributed by atoms with Crippen molar-refractivity contribution in [3.8, 4) is 0 Å². The first-order valence-electron chi connectivity index (χ1n) is 9.89. The van der Waals surface area contributed by atoms with Crippen LogP contribution in [0.25, 0.3) is 0 Å². The summed E-state index contributed by atoms with van der Waals surface area (Å²) in [7, 11) is 0. The van der Waals surface area contributed by atoms with Gasteiger partial charge in [0.05, 0.1) is 17.2 Å². The lowest BCUT2D eigenvalue weighted by Gasteiger charge is -2.22. The van der Waals surface area contributed by atoms with Crippen LogP contribution < -0.4 is 10.2 Å². The highest BCUT2D eigenvalue weighted by molar-refractivity contribution is 7.99. The number of rotatable bonds is 4. The standard InChI is InChI=1S/C24H24N2O3S/c1-15-11-16(2)24(17(3)12-15)25-22(27)14-26-18-7-4-5-9-20(18)30-21(13-23(26)28)19-8-6-10-29-19/h4-12,21H,13-14H2,1-3H3,(H,25,27)/t21-/m1/s1. The van der Waals surface area contributed by atoms with Gasteiger partial charge in [-0.3, -0.25) is 9.59 Å². The normalized spacial score (nSPS) is 16.2.